The molecule has 3 aromatic rings. The molecule has 0 radical (unpaired) electrons. The number of esters is 1. The van der Waals surface area contributed by atoms with Crippen LogP contribution in [0.15, 0.2) is 77.3 Å². The van der Waals surface area contributed by atoms with Crippen LogP contribution >= 0.6 is 27.5 Å². The van der Waals surface area contributed by atoms with E-state index in [2.05, 4.69) is 26.6 Å². The Bertz CT molecular complexity index is 1120. The lowest BCUT2D eigenvalue weighted by molar-refractivity contribution is -0.147. The number of anilines is 2. The summed E-state index contributed by atoms with van der Waals surface area (Å²) in [7, 11) is 0. The SMILES string of the molecule is O=C(CCC(=O)OCC(=O)Nc1ccc(Br)cc1Cl)Nc1ccc(Oc2ccccc2)cc1. The van der Waals surface area contributed by atoms with E-state index in [-0.39, 0.29) is 18.7 Å². The average molecular weight is 532 g/mol. The molecule has 0 aliphatic rings. The summed E-state index contributed by atoms with van der Waals surface area (Å²) < 4.78 is 11.4. The van der Waals surface area contributed by atoms with E-state index in [1.807, 2.05) is 30.3 Å². The summed E-state index contributed by atoms with van der Waals surface area (Å²) in [6.45, 7) is -0.476. The van der Waals surface area contributed by atoms with Gasteiger partial charge in [-0.3, -0.25) is 14.4 Å². The molecule has 2 amide bonds. The third-order valence-corrected chi connectivity index (χ3v) is 5.05. The molecular weight excluding hydrogens is 512 g/mol. The quantitative estimate of drug-likeness (QED) is 0.341. The first-order valence-electron chi connectivity index (χ1n) is 9.92. The normalized spacial score (nSPS) is 10.2. The van der Waals surface area contributed by atoms with Crippen molar-refractivity contribution in [1.82, 2.24) is 0 Å². The highest BCUT2D eigenvalue weighted by molar-refractivity contribution is 9.10. The number of halogens is 2. The number of amides is 2. The zero-order valence-corrected chi connectivity index (χ0v) is 19.7. The molecule has 0 unspecified atom stereocenters. The highest BCUT2D eigenvalue weighted by Gasteiger charge is 2.12. The number of carbonyl (C=O) groups is 3. The highest BCUT2D eigenvalue weighted by atomic mass is 79.9. The summed E-state index contributed by atoms with van der Waals surface area (Å²) in [5, 5.41) is 5.60. The molecule has 7 nitrogen and oxygen atoms in total. The molecule has 0 fully saturated rings. The molecule has 3 rings (SSSR count). The molecular formula is C24H20BrClN2O5. The third-order valence-electron chi connectivity index (χ3n) is 4.24. The maximum atomic E-state index is 12.1. The fraction of sp³-hybridized carbons (Fsp3) is 0.125. The predicted octanol–water partition coefficient (Wildman–Crippen LogP) is 5.80. The number of nitrogens with one attached hydrogen (secondary N) is 2. The highest BCUT2D eigenvalue weighted by Crippen LogP contribution is 2.25. The first-order valence-corrected chi connectivity index (χ1v) is 11.1. The lowest BCUT2D eigenvalue weighted by Crippen LogP contribution is -2.22. The van der Waals surface area contributed by atoms with E-state index in [0.717, 1.165) is 4.47 Å². The van der Waals surface area contributed by atoms with Crippen molar-refractivity contribution in [2.75, 3.05) is 17.2 Å². The molecule has 2 N–H and O–H groups in total. The maximum absolute atomic E-state index is 12.1. The molecule has 0 aliphatic heterocycles. The molecule has 0 atom stereocenters. The standard InChI is InChI=1S/C24H20BrClN2O5/c25-16-6-11-21(20(26)14-16)28-23(30)15-32-24(31)13-12-22(29)27-17-7-9-19(10-8-17)33-18-4-2-1-3-5-18/h1-11,14H,12-13,15H2,(H,27,29)(H,28,30). The minimum atomic E-state index is -0.659. The van der Waals surface area contributed by atoms with Gasteiger partial charge >= 0.3 is 5.97 Å². The van der Waals surface area contributed by atoms with Crippen LogP contribution in [0.4, 0.5) is 11.4 Å². The minimum absolute atomic E-state index is 0.0821. The van der Waals surface area contributed by atoms with Crippen molar-refractivity contribution >= 4 is 56.7 Å². The Morgan fingerprint density at radius 3 is 2.21 bits per heavy atom. The number of ether oxygens (including phenoxy) is 2. The smallest absolute Gasteiger partial charge is 0.306 e. The van der Waals surface area contributed by atoms with E-state index in [1.54, 1.807) is 42.5 Å². The van der Waals surface area contributed by atoms with Crippen LogP contribution in [0.3, 0.4) is 0 Å². The number of carbonyl (C=O) groups excluding carboxylic acids is 3. The monoisotopic (exact) mass is 530 g/mol. The van der Waals surface area contributed by atoms with Crippen molar-refractivity contribution in [3.63, 3.8) is 0 Å². The zero-order chi connectivity index (χ0) is 23.6. The van der Waals surface area contributed by atoms with Crippen LogP contribution in [-0.2, 0) is 19.1 Å². The molecule has 0 saturated carbocycles. The topological polar surface area (TPSA) is 93.7 Å². The fourth-order valence-electron chi connectivity index (χ4n) is 2.67. The van der Waals surface area contributed by atoms with Gasteiger partial charge in [-0.1, -0.05) is 45.7 Å². The molecule has 3 aromatic carbocycles. The second kappa shape index (κ2) is 12.0. The minimum Gasteiger partial charge on any atom is -0.457 e. The van der Waals surface area contributed by atoms with Gasteiger partial charge in [0.05, 0.1) is 17.1 Å². The number of benzene rings is 3. The number of hydrogen-bond acceptors (Lipinski definition) is 5. The molecule has 0 saturated heterocycles. The first-order chi connectivity index (χ1) is 15.9. The summed E-state index contributed by atoms with van der Waals surface area (Å²) >= 11 is 9.30. The molecule has 0 aromatic heterocycles. The molecule has 170 valence electrons. The van der Waals surface area contributed by atoms with Crippen LogP contribution < -0.4 is 15.4 Å². The summed E-state index contributed by atoms with van der Waals surface area (Å²) in [4.78, 5) is 35.9. The van der Waals surface area contributed by atoms with E-state index in [9.17, 15) is 14.4 Å². The zero-order valence-electron chi connectivity index (χ0n) is 17.3. The Morgan fingerprint density at radius 1 is 0.818 bits per heavy atom. The Kier molecular flexibility index (Phi) is 8.86. The van der Waals surface area contributed by atoms with E-state index in [0.29, 0.717) is 27.9 Å². The average Bonchev–Trinajstić information content (AvgIpc) is 2.80. The number of rotatable bonds is 9. The molecule has 33 heavy (non-hydrogen) atoms. The summed E-state index contributed by atoms with van der Waals surface area (Å²) in [6.07, 6.45) is -0.241. The summed E-state index contributed by atoms with van der Waals surface area (Å²) in [5.41, 5.74) is 0.972. The third kappa shape index (κ3) is 8.25. The van der Waals surface area contributed by atoms with Gasteiger partial charge in [0.1, 0.15) is 11.5 Å². The molecule has 0 spiro atoms. The summed E-state index contributed by atoms with van der Waals surface area (Å²) in [6, 6.07) is 21.2. The van der Waals surface area contributed by atoms with Crippen molar-refractivity contribution in [1.29, 1.82) is 0 Å². The van der Waals surface area contributed by atoms with Crippen molar-refractivity contribution < 1.29 is 23.9 Å². The van der Waals surface area contributed by atoms with E-state index in [1.165, 1.54) is 0 Å². The van der Waals surface area contributed by atoms with Crippen LogP contribution in [0.25, 0.3) is 0 Å². The van der Waals surface area contributed by atoms with Gasteiger partial charge < -0.3 is 20.1 Å². The van der Waals surface area contributed by atoms with Gasteiger partial charge in [-0.2, -0.15) is 0 Å². The van der Waals surface area contributed by atoms with E-state index in [4.69, 9.17) is 21.1 Å². The molecule has 0 heterocycles. The van der Waals surface area contributed by atoms with Crippen molar-refractivity contribution in [2.24, 2.45) is 0 Å². The van der Waals surface area contributed by atoms with E-state index >= 15 is 0 Å². The summed E-state index contributed by atoms with van der Waals surface area (Å²) in [5.74, 6) is -0.203. The molecule has 0 bridgehead atoms. The van der Waals surface area contributed by atoms with Crippen LogP contribution in [0.1, 0.15) is 12.8 Å². The molecule has 9 heteroatoms. The van der Waals surface area contributed by atoms with Crippen molar-refractivity contribution in [3.8, 4) is 11.5 Å². The van der Waals surface area contributed by atoms with Crippen molar-refractivity contribution in [2.45, 2.75) is 12.8 Å². The van der Waals surface area contributed by atoms with Gasteiger partial charge in [-0.15, -0.1) is 0 Å². The number of para-hydroxylation sites is 1. The Morgan fingerprint density at radius 2 is 1.52 bits per heavy atom. The predicted molar refractivity (Wildman–Crippen MR) is 130 cm³/mol. The van der Waals surface area contributed by atoms with Gasteiger partial charge in [-0.05, 0) is 54.6 Å². The van der Waals surface area contributed by atoms with Crippen molar-refractivity contribution in [3.05, 3.63) is 82.3 Å². The van der Waals surface area contributed by atoms with Crippen LogP contribution in [0.2, 0.25) is 5.02 Å². The lowest BCUT2D eigenvalue weighted by atomic mass is 10.2. The van der Waals surface area contributed by atoms with Gasteiger partial charge in [0, 0.05) is 16.6 Å². The van der Waals surface area contributed by atoms with Crippen LogP contribution in [0.5, 0.6) is 11.5 Å². The van der Waals surface area contributed by atoms with Gasteiger partial charge in [-0.25, -0.2) is 0 Å². The largest absolute Gasteiger partial charge is 0.457 e. The van der Waals surface area contributed by atoms with Crippen LogP contribution in [-0.4, -0.2) is 24.4 Å². The Balaban J connectivity index is 1.36. The first kappa shape index (κ1) is 24.3. The Labute approximate surface area is 204 Å². The van der Waals surface area contributed by atoms with Crippen LogP contribution in [0, 0.1) is 0 Å². The second-order valence-corrected chi connectivity index (χ2v) is 8.14. The Hall–Kier alpha value is -3.36. The van der Waals surface area contributed by atoms with Gasteiger partial charge in [0.25, 0.3) is 5.91 Å². The fourth-order valence-corrected chi connectivity index (χ4v) is 3.39. The lowest BCUT2D eigenvalue weighted by Gasteiger charge is -2.09. The van der Waals surface area contributed by atoms with Gasteiger partial charge in [0.2, 0.25) is 5.91 Å². The van der Waals surface area contributed by atoms with Gasteiger partial charge in [0.15, 0.2) is 6.61 Å². The maximum Gasteiger partial charge on any atom is 0.306 e. The second-order valence-electron chi connectivity index (χ2n) is 6.82. The molecule has 0 aliphatic carbocycles. The van der Waals surface area contributed by atoms with E-state index < -0.39 is 18.5 Å². The number of hydrogen-bond donors (Lipinski definition) is 2.